The lowest BCUT2D eigenvalue weighted by Gasteiger charge is -2.18. The molecule has 5 N–H and O–H groups in total. The van der Waals surface area contributed by atoms with E-state index < -0.39 is 5.54 Å². The first-order chi connectivity index (χ1) is 6.60. The van der Waals surface area contributed by atoms with Gasteiger partial charge in [0.25, 0.3) is 5.91 Å². The van der Waals surface area contributed by atoms with Crippen molar-refractivity contribution in [2.75, 3.05) is 13.1 Å². The van der Waals surface area contributed by atoms with Crippen LogP contribution in [0.15, 0.2) is 12.2 Å². The van der Waals surface area contributed by atoms with Crippen molar-refractivity contribution in [2.45, 2.75) is 18.9 Å². The van der Waals surface area contributed by atoms with Crippen molar-refractivity contribution in [1.29, 1.82) is 0 Å². The van der Waals surface area contributed by atoms with Gasteiger partial charge in [-0.25, -0.2) is 0 Å². The molecule has 6 heteroatoms. The molecule has 0 bridgehead atoms. The Balaban J connectivity index is -0.000000845. The molecule has 1 unspecified atom stereocenters. The van der Waals surface area contributed by atoms with Crippen LogP contribution in [0.5, 0.6) is 0 Å². The number of halogens is 2. The summed E-state index contributed by atoms with van der Waals surface area (Å²) in [6, 6.07) is 0. The third-order valence-corrected chi connectivity index (χ3v) is 1.67. The number of terminal acetylenes is 1. The van der Waals surface area contributed by atoms with Gasteiger partial charge in [0.1, 0.15) is 0 Å². The molecule has 0 radical (unpaired) electrons. The second kappa shape index (κ2) is 11.1. The largest absolute Gasteiger partial charge is 0.353 e. The van der Waals surface area contributed by atoms with Crippen LogP contribution in [0.4, 0.5) is 0 Å². The summed E-state index contributed by atoms with van der Waals surface area (Å²) in [5.41, 5.74) is 9.54. The van der Waals surface area contributed by atoms with Gasteiger partial charge in [-0.3, -0.25) is 4.79 Å². The molecule has 0 fully saturated rings. The molecule has 0 saturated carbocycles. The Hall–Kier alpha value is -0.350. The number of amides is 1. The molecule has 0 saturated heterocycles. The predicted molar refractivity (Wildman–Crippen MR) is 77.9 cm³/mol. The Labute approximate surface area is 118 Å². The third-order valence-electron chi connectivity index (χ3n) is 1.67. The number of nitrogens with two attached hydrogens (primary N) is 2. The molecule has 0 aliphatic carbocycles. The van der Waals surface area contributed by atoms with Crippen molar-refractivity contribution in [2.24, 2.45) is 11.5 Å². The first kappa shape index (κ1) is 21.0. The maximum Gasteiger partial charge on any atom is 0.256 e. The lowest BCUT2D eigenvalue weighted by atomic mass is 10.0. The second-order valence-electron chi connectivity index (χ2n) is 2.91. The summed E-state index contributed by atoms with van der Waals surface area (Å²) in [4.78, 5) is 11.5. The maximum atomic E-state index is 11.5. The average Bonchev–Trinajstić information content (AvgIpc) is 2.22. The van der Waals surface area contributed by atoms with Crippen molar-refractivity contribution in [3.8, 4) is 12.3 Å². The summed E-state index contributed by atoms with van der Waals surface area (Å²) >= 11 is 0. The molecule has 4 nitrogen and oxygen atoms in total. The number of rotatable bonds is 5. The Morgan fingerprint density at radius 2 is 2.12 bits per heavy atom. The number of carbonyl (C=O) groups is 1. The molecule has 0 heterocycles. The van der Waals surface area contributed by atoms with Gasteiger partial charge in [-0.2, -0.15) is 0 Å². The zero-order chi connectivity index (χ0) is 11.0. The van der Waals surface area contributed by atoms with Gasteiger partial charge in [0.05, 0.1) is 0 Å². The summed E-state index contributed by atoms with van der Waals surface area (Å²) in [6.07, 6.45) is 9.05. The molecule has 0 rings (SSSR count). The fourth-order valence-electron chi connectivity index (χ4n) is 0.828. The Morgan fingerprint density at radius 1 is 1.56 bits per heavy atom. The predicted octanol–water partition coefficient (Wildman–Crippen LogP) is 0.514. The molecule has 0 spiro atoms. The Bertz CT molecular complexity index is 263. The number of hydrogen-bond acceptors (Lipinski definition) is 3. The zero-order valence-corrected chi connectivity index (χ0v) is 12.7. The smallest absolute Gasteiger partial charge is 0.256 e. The monoisotopic (exact) mass is 355 g/mol. The van der Waals surface area contributed by atoms with Crippen LogP contribution in [0.25, 0.3) is 0 Å². The van der Waals surface area contributed by atoms with Gasteiger partial charge in [0, 0.05) is 13.1 Å². The van der Waals surface area contributed by atoms with E-state index in [0.717, 1.165) is 6.42 Å². The highest BCUT2D eigenvalue weighted by Crippen LogP contribution is 2.01. The average molecular weight is 357 g/mol. The van der Waals surface area contributed by atoms with Crippen molar-refractivity contribution in [3.05, 3.63) is 12.2 Å². The normalized spacial score (nSPS) is 12.9. The summed E-state index contributed by atoms with van der Waals surface area (Å²) in [5.74, 6) is 1.88. The molecule has 1 atom stereocenters. The van der Waals surface area contributed by atoms with Crippen LogP contribution < -0.4 is 16.8 Å². The quantitative estimate of drug-likeness (QED) is 0.496. The van der Waals surface area contributed by atoms with Crippen LogP contribution in [0.3, 0.4) is 0 Å². The van der Waals surface area contributed by atoms with Crippen LogP contribution in [0, 0.1) is 12.3 Å². The molecule has 1 amide bonds. The van der Waals surface area contributed by atoms with Gasteiger partial charge < -0.3 is 16.8 Å². The molecule has 94 valence electrons. The van der Waals surface area contributed by atoms with Gasteiger partial charge in [0.2, 0.25) is 0 Å². The molecule has 16 heavy (non-hydrogen) atoms. The van der Waals surface area contributed by atoms with Gasteiger partial charge in [-0.05, 0) is 12.5 Å². The molecule has 0 aliphatic rings. The number of carbonyl (C=O) groups excluding carboxylic acids is 1. The van der Waals surface area contributed by atoms with E-state index in [2.05, 4.69) is 11.2 Å². The fourth-order valence-corrected chi connectivity index (χ4v) is 0.828. The summed E-state index contributed by atoms with van der Waals surface area (Å²) < 4.78 is 0. The van der Waals surface area contributed by atoms with Gasteiger partial charge in [-0.1, -0.05) is 18.9 Å². The van der Waals surface area contributed by atoms with Crippen LogP contribution in [-0.2, 0) is 4.79 Å². The fraction of sp³-hybridized carbons (Fsp3) is 0.500. The molecule has 0 aromatic rings. The lowest BCUT2D eigenvalue weighted by Crippen LogP contribution is -2.51. The number of hydrogen-bond donors (Lipinski definition) is 3. The lowest BCUT2D eigenvalue weighted by molar-refractivity contribution is -0.123. The molecule has 0 aromatic carbocycles. The maximum absolute atomic E-state index is 11.5. The summed E-state index contributed by atoms with van der Waals surface area (Å²) in [6.45, 7) is 2.82. The highest BCUT2D eigenvalue weighted by Gasteiger charge is 2.27. The van der Waals surface area contributed by atoms with Crippen molar-refractivity contribution < 1.29 is 4.79 Å². The van der Waals surface area contributed by atoms with Crippen molar-refractivity contribution in [1.82, 2.24) is 5.32 Å². The number of nitrogens with one attached hydrogen (secondary N) is 1. The minimum Gasteiger partial charge on any atom is -0.353 e. The zero-order valence-electron chi connectivity index (χ0n) is 9.23. The van der Waals surface area contributed by atoms with Crippen LogP contribution in [-0.4, -0.2) is 24.5 Å². The molecular formula is C10H19Br2N3O. The highest BCUT2D eigenvalue weighted by molar-refractivity contribution is 8.93. The third kappa shape index (κ3) is 7.01. The van der Waals surface area contributed by atoms with E-state index in [9.17, 15) is 4.79 Å². The Morgan fingerprint density at radius 3 is 2.50 bits per heavy atom. The van der Waals surface area contributed by atoms with E-state index in [1.807, 2.05) is 6.92 Å². The summed E-state index contributed by atoms with van der Waals surface area (Å²) in [5, 5.41) is 2.63. The minimum absolute atomic E-state index is 0. The second-order valence-corrected chi connectivity index (χ2v) is 2.91. The topological polar surface area (TPSA) is 81.1 Å². The first-order valence-corrected chi connectivity index (χ1v) is 4.53. The summed E-state index contributed by atoms with van der Waals surface area (Å²) in [7, 11) is 0. The van der Waals surface area contributed by atoms with E-state index in [0.29, 0.717) is 13.1 Å². The van der Waals surface area contributed by atoms with Crippen molar-refractivity contribution in [3.63, 3.8) is 0 Å². The van der Waals surface area contributed by atoms with E-state index in [1.165, 1.54) is 6.08 Å². The standard InChI is InChI=1S/C10H17N3O.2BrH/c1-3-8-13-9(14)10(12,4-2)6-5-7-11;;/h2,5-6H,3,7-8,11-12H2,1H3,(H,13,14);2*1H. The van der Waals surface area contributed by atoms with E-state index in [4.69, 9.17) is 17.9 Å². The van der Waals surface area contributed by atoms with Crippen LogP contribution >= 0.6 is 34.0 Å². The molecule has 0 aromatic heterocycles. The van der Waals surface area contributed by atoms with Crippen LogP contribution in [0.2, 0.25) is 0 Å². The Kier molecular flexibility index (Phi) is 14.6. The van der Waals surface area contributed by atoms with E-state index in [-0.39, 0.29) is 39.9 Å². The van der Waals surface area contributed by atoms with Crippen LogP contribution in [0.1, 0.15) is 13.3 Å². The van der Waals surface area contributed by atoms with E-state index in [1.54, 1.807) is 6.08 Å². The highest BCUT2D eigenvalue weighted by atomic mass is 79.9. The minimum atomic E-state index is -1.38. The van der Waals surface area contributed by atoms with Gasteiger partial charge in [0.15, 0.2) is 5.54 Å². The van der Waals surface area contributed by atoms with E-state index >= 15 is 0 Å². The first-order valence-electron chi connectivity index (χ1n) is 4.53. The van der Waals surface area contributed by atoms with Gasteiger partial charge in [-0.15, -0.1) is 40.4 Å². The van der Waals surface area contributed by atoms with Crippen molar-refractivity contribution >= 4 is 39.9 Å². The van der Waals surface area contributed by atoms with Gasteiger partial charge >= 0.3 is 0 Å². The molecule has 0 aliphatic heterocycles. The molecular weight excluding hydrogens is 338 g/mol. The SMILES string of the molecule is Br.Br.C#CC(N)(C=CCN)C(=O)NCCC.